The summed E-state index contributed by atoms with van der Waals surface area (Å²) in [5, 5.41) is 0.155. The molecule has 0 saturated heterocycles. The number of likely N-dealkylation sites (N-methyl/N-ethyl adjacent to an activating group) is 2. The van der Waals surface area contributed by atoms with Gasteiger partial charge in [0, 0.05) is 20.1 Å². The van der Waals surface area contributed by atoms with Gasteiger partial charge in [0.2, 0.25) is 11.2 Å². The molecule has 1 aromatic heterocycles. The van der Waals surface area contributed by atoms with Crippen LogP contribution in [0.3, 0.4) is 0 Å². The van der Waals surface area contributed by atoms with E-state index in [2.05, 4.69) is 19.9 Å². The number of hydrogen-bond donors (Lipinski definition) is 0. The quantitative estimate of drug-likeness (QED) is 0.747. The second kappa shape index (κ2) is 7.33. The van der Waals surface area contributed by atoms with Gasteiger partial charge < -0.3 is 14.5 Å². The molecule has 6 nitrogen and oxygen atoms in total. The Morgan fingerprint density at radius 3 is 2.44 bits per heavy atom. The number of aromatic nitrogens is 3. The summed E-state index contributed by atoms with van der Waals surface area (Å²) in [6, 6.07) is 0.281. The molecule has 0 radical (unpaired) electrons. The third-order valence-corrected chi connectivity index (χ3v) is 2.40. The molecule has 0 aliphatic carbocycles. The summed E-state index contributed by atoms with van der Waals surface area (Å²) >= 11 is 5.86. The maximum absolute atomic E-state index is 5.86. The maximum atomic E-state index is 5.86. The first-order valence-electron chi connectivity index (χ1n) is 5.93. The van der Waals surface area contributed by atoms with Gasteiger partial charge in [-0.15, -0.1) is 0 Å². The zero-order chi connectivity index (χ0) is 13.5. The Kier molecular flexibility index (Phi) is 6.07. The number of nitrogens with zero attached hydrogens (tertiary/aromatic N) is 5. The van der Waals surface area contributed by atoms with Gasteiger partial charge >= 0.3 is 6.01 Å². The molecule has 0 saturated carbocycles. The predicted molar refractivity (Wildman–Crippen MR) is 72.4 cm³/mol. The summed E-state index contributed by atoms with van der Waals surface area (Å²) in [6.07, 6.45) is 0.898. The van der Waals surface area contributed by atoms with Crippen LogP contribution in [0.2, 0.25) is 5.28 Å². The van der Waals surface area contributed by atoms with Gasteiger partial charge in [0.1, 0.15) is 0 Å². The van der Waals surface area contributed by atoms with E-state index >= 15 is 0 Å². The van der Waals surface area contributed by atoms with Gasteiger partial charge in [-0.25, -0.2) is 0 Å². The van der Waals surface area contributed by atoms with Crippen LogP contribution in [0.1, 0.15) is 13.3 Å². The highest BCUT2D eigenvalue weighted by Crippen LogP contribution is 2.14. The van der Waals surface area contributed by atoms with Gasteiger partial charge in [0.15, 0.2) is 0 Å². The van der Waals surface area contributed by atoms with Gasteiger partial charge in [0.25, 0.3) is 0 Å². The van der Waals surface area contributed by atoms with Crippen molar-refractivity contribution >= 4 is 17.5 Å². The molecular formula is C11H20ClN5O. The van der Waals surface area contributed by atoms with E-state index < -0.39 is 0 Å². The summed E-state index contributed by atoms with van der Waals surface area (Å²) in [6.45, 7) is 4.31. The molecule has 0 aromatic carbocycles. The number of ether oxygens (including phenoxy) is 1. The molecule has 0 atom stereocenters. The molecule has 1 aromatic rings. The summed E-state index contributed by atoms with van der Waals surface area (Å²) in [5.74, 6) is 0.531. The lowest BCUT2D eigenvalue weighted by molar-refractivity contribution is 0.291. The Hall–Kier alpha value is -1.14. The van der Waals surface area contributed by atoms with Gasteiger partial charge in [-0.05, 0) is 32.1 Å². The van der Waals surface area contributed by atoms with Crippen molar-refractivity contribution in [2.45, 2.75) is 13.3 Å². The van der Waals surface area contributed by atoms with Crippen molar-refractivity contribution in [3.63, 3.8) is 0 Å². The van der Waals surface area contributed by atoms with Crippen molar-refractivity contribution in [1.82, 2.24) is 19.9 Å². The van der Waals surface area contributed by atoms with Crippen LogP contribution in [0.4, 0.5) is 5.95 Å². The predicted octanol–water partition coefficient (Wildman–Crippen LogP) is 1.31. The zero-order valence-electron chi connectivity index (χ0n) is 11.4. The van der Waals surface area contributed by atoms with Crippen molar-refractivity contribution in [1.29, 1.82) is 0 Å². The van der Waals surface area contributed by atoms with Gasteiger partial charge in [-0.2, -0.15) is 15.0 Å². The highest BCUT2D eigenvalue weighted by molar-refractivity contribution is 6.28. The summed E-state index contributed by atoms with van der Waals surface area (Å²) in [4.78, 5) is 16.3. The normalized spacial score (nSPS) is 10.8. The molecule has 7 heteroatoms. The smallest absolute Gasteiger partial charge is 0.322 e. The van der Waals surface area contributed by atoms with Crippen molar-refractivity contribution < 1.29 is 4.74 Å². The van der Waals surface area contributed by atoms with Crippen molar-refractivity contribution in [3.8, 4) is 6.01 Å². The molecule has 102 valence electrons. The first-order chi connectivity index (χ1) is 8.52. The number of rotatable bonds is 7. The maximum Gasteiger partial charge on any atom is 0.322 e. The topological polar surface area (TPSA) is 54.4 Å². The zero-order valence-corrected chi connectivity index (χ0v) is 12.1. The lowest BCUT2D eigenvalue weighted by Crippen LogP contribution is -2.29. The summed E-state index contributed by atoms with van der Waals surface area (Å²) < 4.78 is 5.37. The van der Waals surface area contributed by atoms with E-state index in [0.29, 0.717) is 12.6 Å². The van der Waals surface area contributed by atoms with E-state index in [-0.39, 0.29) is 11.3 Å². The van der Waals surface area contributed by atoms with E-state index in [4.69, 9.17) is 16.3 Å². The largest absolute Gasteiger partial charge is 0.463 e. The molecule has 0 spiro atoms. The van der Waals surface area contributed by atoms with Crippen LogP contribution in [0.5, 0.6) is 6.01 Å². The average Bonchev–Trinajstić information content (AvgIpc) is 2.32. The second-order valence-corrected chi connectivity index (χ2v) is 4.60. The van der Waals surface area contributed by atoms with E-state index in [1.807, 2.05) is 33.0 Å². The molecule has 18 heavy (non-hydrogen) atoms. The Bertz CT molecular complexity index is 374. The SMILES string of the molecule is CCCOc1nc(Cl)nc(N(C)CCN(C)C)n1. The highest BCUT2D eigenvalue weighted by atomic mass is 35.5. The molecule has 0 N–H and O–H groups in total. The highest BCUT2D eigenvalue weighted by Gasteiger charge is 2.10. The van der Waals surface area contributed by atoms with Crippen LogP contribution in [0.25, 0.3) is 0 Å². The lowest BCUT2D eigenvalue weighted by Gasteiger charge is -2.19. The third kappa shape index (κ3) is 5.01. The Balaban J connectivity index is 2.71. The molecule has 1 rings (SSSR count). The monoisotopic (exact) mass is 273 g/mol. The van der Waals surface area contributed by atoms with E-state index in [0.717, 1.165) is 19.5 Å². The number of hydrogen-bond acceptors (Lipinski definition) is 6. The van der Waals surface area contributed by atoms with Crippen LogP contribution in [-0.4, -0.2) is 60.7 Å². The Morgan fingerprint density at radius 2 is 1.83 bits per heavy atom. The minimum absolute atomic E-state index is 0.155. The van der Waals surface area contributed by atoms with E-state index in [9.17, 15) is 0 Å². The standard InChI is InChI=1S/C11H20ClN5O/c1-5-8-18-11-14-9(12)13-10(15-11)17(4)7-6-16(2)3/h5-8H2,1-4H3. The van der Waals surface area contributed by atoms with Crippen molar-refractivity contribution in [3.05, 3.63) is 5.28 Å². The van der Waals surface area contributed by atoms with Gasteiger partial charge in [-0.1, -0.05) is 6.92 Å². The van der Waals surface area contributed by atoms with Crippen LogP contribution in [-0.2, 0) is 0 Å². The minimum atomic E-state index is 0.155. The Morgan fingerprint density at radius 1 is 1.11 bits per heavy atom. The third-order valence-electron chi connectivity index (χ3n) is 2.24. The minimum Gasteiger partial charge on any atom is -0.463 e. The first kappa shape index (κ1) is 14.9. The van der Waals surface area contributed by atoms with Gasteiger partial charge in [0.05, 0.1) is 6.61 Å². The van der Waals surface area contributed by atoms with Gasteiger partial charge in [-0.3, -0.25) is 0 Å². The molecule has 0 aliphatic rings. The van der Waals surface area contributed by atoms with Crippen molar-refractivity contribution in [2.75, 3.05) is 45.7 Å². The number of anilines is 1. The second-order valence-electron chi connectivity index (χ2n) is 4.26. The van der Waals surface area contributed by atoms with Crippen LogP contribution < -0.4 is 9.64 Å². The molecule has 0 unspecified atom stereocenters. The molecule has 0 amide bonds. The van der Waals surface area contributed by atoms with E-state index in [1.54, 1.807) is 0 Å². The average molecular weight is 274 g/mol. The molecule has 0 fully saturated rings. The fraction of sp³-hybridized carbons (Fsp3) is 0.727. The Labute approximate surface area is 113 Å². The fourth-order valence-corrected chi connectivity index (χ4v) is 1.35. The molecule has 0 aliphatic heterocycles. The number of halogens is 1. The lowest BCUT2D eigenvalue weighted by atomic mass is 10.5. The first-order valence-corrected chi connectivity index (χ1v) is 6.31. The van der Waals surface area contributed by atoms with Crippen molar-refractivity contribution in [2.24, 2.45) is 0 Å². The fourth-order valence-electron chi connectivity index (χ4n) is 1.20. The van der Waals surface area contributed by atoms with Crippen LogP contribution in [0, 0.1) is 0 Å². The van der Waals surface area contributed by atoms with Crippen LogP contribution >= 0.6 is 11.6 Å². The summed E-state index contributed by atoms with van der Waals surface area (Å²) in [5.41, 5.74) is 0. The molecule has 0 bridgehead atoms. The van der Waals surface area contributed by atoms with E-state index in [1.165, 1.54) is 0 Å². The molecular weight excluding hydrogens is 254 g/mol. The summed E-state index contributed by atoms with van der Waals surface area (Å²) in [7, 11) is 5.95. The molecule has 1 heterocycles. The van der Waals surface area contributed by atoms with Crippen LogP contribution in [0.15, 0.2) is 0 Å².